The van der Waals surface area contributed by atoms with Crippen LogP contribution in [0.25, 0.3) is 0 Å². The van der Waals surface area contributed by atoms with E-state index in [0.29, 0.717) is 12.8 Å². The van der Waals surface area contributed by atoms with E-state index in [4.69, 9.17) is 5.11 Å². The third-order valence-electron chi connectivity index (χ3n) is 4.72. The molecule has 142 valence electrons. The van der Waals surface area contributed by atoms with Crippen molar-refractivity contribution in [2.24, 2.45) is 0 Å². The number of carbonyl (C=O) groups is 3. The van der Waals surface area contributed by atoms with Gasteiger partial charge in [-0.1, -0.05) is 6.07 Å². The average Bonchev–Trinajstić information content (AvgIpc) is 2.96. The molecule has 0 unspecified atom stereocenters. The molecule has 2 rings (SSSR count). The third-order valence-corrected chi connectivity index (χ3v) is 4.72. The molecule has 1 aliphatic heterocycles. The maximum atomic E-state index is 13.9. The van der Waals surface area contributed by atoms with Crippen molar-refractivity contribution in [1.29, 1.82) is 0 Å². The Bertz CT molecular complexity index is 723. The summed E-state index contributed by atoms with van der Waals surface area (Å²) in [5.41, 5.74) is -0.628. The summed E-state index contributed by atoms with van der Waals surface area (Å²) < 4.78 is 27.6. The van der Waals surface area contributed by atoms with Gasteiger partial charge in [-0.15, -0.1) is 0 Å². The van der Waals surface area contributed by atoms with Gasteiger partial charge in [-0.25, -0.2) is 8.78 Å². The summed E-state index contributed by atoms with van der Waals surface area (Å²) in [7, 11) is 0. The lowest BCUT2D eigenvalue weighted by Gasteiger charge is -2.28. The number of aliphatic carboxylic acids is 1. The molecule has 0 spiro atoms. The van der Waals surface area contributed by atoms with Gasteiger partial charge in [0, 0.05) is 36.9 Å². The van der Waals surface area contributed by atoms with E-state index < -0.39 is 29.0 Å². The molecular weight excluding hydrogens is 346 g/mol. The number of aryl methyl sites for hydroxylation is 1. The predicted octanol–water partition coefficient (Wildman–Crippen LogP) is 2.18. The van der Waals surface area contributed by atoms with Gasteiger partial charge in [-0.2, -0.15) is 0 Å². The van der Waals surface area contributed by atoms with E-state index in [9.17, 15) is 23.2 Å². The van der Waals surface area contributed by atoms with Crippen molar-refractivity contribution < 1.29 is 28.3 Å². The summed E-state index contributed by atoms with van der Waals surface area (Å²) >= 11 is 0. The van der Waals surface area contributed by atoms with Crippen LogP contribution in [0, 0.1) is 18.6 Å². The summed E-state index contributed by atoms with van der Waals surface area (Å²) in [6, 6.07) is 2.47. The number of benzene rings is 1. The summed E-state index contributed by atoms with van der Waals surface area (Å²) in [5, 5.41) is 14.1. The molecule has 1 saturated heterocycles. The van der Waals surface area contributed by atoms with Crippen LogP contribution in [0.5, 0.6) is 0 Å². The number of hydrogen-bond donors (Lipinski definition) is 3. The van der Waals surface area contributed by atoms with Crippen LogP contribution in [-0.4, -0.2) is 28.4 Å². The molecule has 0 bridgehead atoms. The second-order valence-corrected chi connectivity index (χ2v) is 6.66. The van der Waals surface area contributed by atoms with Gasteiger partial charge in [0.15, 0.2) is 0 Å². The first-order valence-corrected chi connectivity index (χ1v) is 8.45. The Morgan fingerprint density at radius 2 is 1.96 bits per heavy atom. The largest absolute Gasteiger partial charge is 0.481 e. The Morgan fingerprint density at radius 3 is 2.58 bits per heavy atom. The SMILES string of the molecule is Cc1ccc(F)c(CNC(=O)CC[C@@]2(CCC(=O)O)CCC(=O)N2)c1F. The number of nitrogens with one attached hydrogen (secondary N) is 2. The van der Waals surface area contributed by atoms with E-state index >= 15 is 0 Å². The Morgan fingerprint density at radius 1 is 1.27 bits per heavy atom. The van der Waals surface area contributed by atoms with Crippen LogP contribution in [0.15, 0.2) is 12.1 Å². The highest BCUT2D eigenvalue weighted by molar-refractivity contribution is 5.80. The van der Waals surface area contributed by atoms with Crippen LogP contribution >= 0.6 is 0 Å². The van der Waals surface area contributed by atoms with E-state index in [-0.39, 0.29) is 49.3 Å². The molecule has 1 fully saturated rings. The van der Waals surface area contributed by atoms with Crippen LogP contribution in [0.1, 0.15) is 49.7 Å². The standard InChI is InChI=1S/C18H22F2N2O4/c1-11-2-3-13(19)12(17(11)20)10-21-14(23)4-7-18(9-6-16(25)26)8-5-15(24)22-18/h2-3H,4-10H2,1H3,(H,21,23)(H,22,24)(H,25,26)/t18-/m0/s1. The van der Waals surface area contributed by atoms with Crippen molar-refractivity contribution in [1.82, 2.24) is 10.6 Å². The number of halogens is 2. The van der Waals surface area contributed by atoms with Gasteiger partial charge in [0.25, 0.3) is 0 Å². The number of carbonyl (C=O) groups excluding carboxylic acids is 2. The minimum absolute atomic E-state index is 0.0228. The fraction of sp³-hybridized carbons (Fsp3) is 0.500. The molecule has 6 nitrogen and oxygen atoms in total. The van der Waals surface area contributed by atoms with Gasteiger partial charge < -0.3 is 15.7 Å². The molecule has 0 radical (unpaired) electrons. The van der Waals surface area contributed by atoms with Gasteiger partial charge in [-0.3, -0.25) is 14.4 Å². The molecule has 26 heavy (non-hydrogen) atoms. The Balaban J connectivity index is 1.91. The lowest BCUT2D eigenvalue weighted by Crippen LogP contribution is -2.43. The van der Waals surface area contributed by atoms with E-state index in [1.165, 1.54) is 13.0 Å². The fourth-order valence-electron chi connectivity index (χ4n) is 3.12. The van der Waals surface area contributed by atoms with Crippen LogP contribution < -0.4 is 10.6 Å². The lowest BCUT2D eigenvalue weighted by molar-refractivity contribution is -0.137. The Hall–Kier alpha value is -2.51. The summed E-state index contributed by atoms with van der Waals surface area (Å²) in [6.45, 7) is 1.24. The second-order valence-electron chi connectivity index (χ2n) is 6.66. The molecule has 1 aromatic rings. The maximum absolute atomic E-state index is 13.9. The van der Waals surface area contributed by atoms with Gasteiger partial charge in [-0.05, 0) is 37.8 Å². The van der Waals surface area contributed by atoms with Crippen LogP contribution in [0.2, 0.25) is 0 Å². The predicted molar refractivity (Wildman–Crippen MR) is 89.2 cm³/mol. The van der Waals surface area contributed by atoms with Gasteiger partial charge in [0.2, 0.25) is 11.8 Å². The van der Waals surface area contributed by atoms with Crippen molar-refractivity contribution in [3.63, 3.8) is 0 Å². The molecule has 8 heteroatoms. The zero-order chi connectivity index (χ0) is 19.3. The number of carboxylic acid groups (broad SMARTS) is 1. The maximum Gasteiger partial charge on any atom is 0.303 e. The first-order chi connectivity index (χ1) is 12.2. The molecule has 0 aromatic heterocycles. The van der Waals surface area contributed by atoms with E-state index in [0.717, 1.165) is 6.07 Å². The molecular formula is C18H22F2N2O4. The number of rotatable bonds is 8. The molecule has 0 saturated carbocycles. The monoisotopic (exact) mass is 368 g/mol. The summed E-state index contributed by atoms with van der Waals surface area (Å²) in [6.07, 6.45) is 1.18. The fourth-order valence-corrected chi connectivity index (χ4v) is 3.12. The normalized spacial score (nSPS) is 19.3. The molecule has 2 amide bonds. The molecule has 3 N–H and O–H groups in total. The second kappa shape index (κ2) is 8.25. The van der Waals surface area contributed by atoms with Gasteiger partial charge in [0.05, 0.1) is 0 Å². The minimum Gasteiger partial charge on any atom is -0.481 e. The van der Waals surface area contributed by atoms with E-state index in [2.05, 4.69) is 10.6 Å². The summed E-state index contributed by atoms with van der Waals surface area (Å²) in [4.78, 5) is 34.4. The molecule has 1 atom stereocenters. The van der Waals surface area contributed by atoms with Crippen molar-refractivity contribution >= 4 is 17.8 Å². The Labute approximate surface area is 150 Å². The quantitative estimate of drug-likeness (QED) is 0.655. The topological polar surface area (TPSA) is 95.5 Å². The van der Waals surface area contributed by atoms with Gasteiger partial charge in [0.1, 0.15) is 11.6 Å². The molecule has 1 aliphatic rings. The third kappa shape index (κ3) is 5.00. The zero-order valence-corrected chi connectivity index (χ0v) is 14.5. The first kappa shape index (κ1) is 19.8. The van der Waals surface area contributed by atoms with Crippen molar-refractivity contribution in [3.8, 4) is 0 Å². The molecule has 0 aliphatic carbocycles. The van der Waals surface area contributed by atoms with Crippen molar-refractivity contribution in [3.05, 3.63) is 34.9 Å². The highest BCUT2D eigenvalue weighted by atomic mass is 19.1. The van der Waals surface area contributed by atoms with Crippen LogP contribution in [0.3, 0.4) is 0 Å². The molecule has 1 heterocycles. The lowest BCUT2D eigenvalue weighted by atomic mass is 9.86. The van der Waals surface area contributed by atoms with Crippen molar-refractivity contribution in [2.45, 2.75) is 57.5 Å². The first-order valence-electron chi connectivity index (χ1n) is 8.45. The molecule has 1 aromatic carbocycles. The van der Waals surface area contributed by atoms with E-state index in [1.807, 2.05) is 0 Å². The van der Waals surface area contributed by atoms with Crippen LogP contribution in [0.4, 0.5) is 8.78 Å². The number of carboxylic acids is 1. The number of hydrogen-bond acceptors (Lipinski definition) is 3. The minimum atomic E-state index is -0.972. The summed E-state index contributed by atoms with van der Waals surface area (Å²) in [5.74, 6) is -2.97. The highest BCUT2D eigenvalue weighted by Crippen LogP contribution is 2.30. The highest BCUT2D eigenvalue weighted by Gasteiger charge is 2.37. The Kier molecular flexibility index (Phi) is 6.28. The van der Waals surface area contributed by atoms with E-state index in [1.54, 1.807) is 0 Å². The van der Waals surface area contributed by atoms with Crippen molar-refractivity contribution in [2.75, 3.05) is 0 Å². The van der Waals surface area contributed by atoms with Gasteiger partial charge >= 0.3 is 5.97 Å². The smallest absolute Gasteiger partial charge is 0.303 e. The average molecular weight is 368 g/mol. The zero-order valence-electron chi connectivity index (χ0n) is 14.5. The number of amides is 2. The van der Waals surface area contributed by atoms with Crippen LogP contribution in [-0.2, 0) is 20.9 Å².